The van der Waals surface area contributed by atoms with E-state index in [4.69, 9.17) is 0 Å². The van der Waals surface area contributed by atoms with Crippen LogP contribution in [0.2, 0.25) is 0 Å². The second kappa shape index (κ2) is 3.79. The van der Waals surface area contributed by atoms with Crippen molar-refractivity contribution < 1.29 is 5.11 Å². The highest BCUT2D eigenvalue weighted by atomic mass is 32.1. The van der Waals surface area contributed by atoms with E-state index in [-0.39, 0.29) is 13.5 Å². The van der Waals surface area contributed by atoms with Gasteiger partial charge >= 0.3 is 0 Å². The van der Waals surface area contributed by atoms with Crippen LogP contribution in [-0.4, -0.2) is 5.11 Å². The fourth-order valence-electron chi connectivity index (χ4n) is 0.846. The van der Waals surface area contributed by atoms with Gasteiger partial charge in [-0.05, 0) is 19.4 Å². The summed E-state index contributed by atoms with van der Waals surface area (Å²) in [6.45, 7) is 3.56. The normalized spacial score (nSPS) is 10.5. The minimum Gasteiger partial charge on any atom is -0.386 e. The Kier molecular flexibility index (Phi) is 3.63. The molecular weight excluding hydrogens is 156 g/mol. The topological polar surface area (TPSA) is 20.2 Å². The molecule has 0 aliphatic carbocycles. The van der Waals surface area contributed by atoms with Crippen LogP contribution in [-0.2, 0) is 5.60 Å². The van der Waals surface area contributed by atoms with Crippen molar-refractivity contribution in [2.45, 2.75) is 19.4 Å². The maximum atomic E-state index is 9.49. The molecule has 0 atom stereocenters. The molecule has 0 saturated heterocycles. The fourth-order valence-corrected chi connectivity index (χ4v) is 0.846. The number of hydrogen-bond donors (Lipinski definition) is 1. The molecule has 1 nitrogen and oxygen atoms in total. The Hall–Kier alpha value is -0.470. The third kappa shape index (κ3) is 2.95. The van der Waals surface area contributed by atoms with E-state index in [0.29, 0.717) is 0 Å². The number of aliphatic hydroxyl groups is 1. The third-order valence-electron chi connectivity index (χ3n) is 1.48. The van der Waals surface area contributed by atoms with Crippen LogP contribution in [0.3, 0.4) is 0 Å². The van der Waals surface area contributed by atoms with E-state index >= 15 is 0 Å². The zero-order valence-electron chi connectivity index (χ0n) is 6.83. The Labute approximate surface area is 74.5 Å². The largest absolute Gasteiger partial charge is 0.386 e. The lowest BCUT2D eigenvalue weighted by atomic mass is 9.99. The first kappa shape index (κ1) is 10.5. The fraction of sp³-hybridized carbons (Fsp3) is 0.333. The van der Waals surface area contributed by atoms with Crippen molar-refractivity contribution in [2.75, 3.05) is 0 Å². The van der Waals surface area contributed by atoms with Crippen LogP contribution < -0.4 is 0 Å². The zero-order chi connectivity index (χ0) is 7.61. The molecule has 2 heteroatoms. The van der Waals surface area contributed by atoms with Gasteiger partial charge in [0.25, 0.3) is 0 Å². The Morgan fingerprint density at radius 1 is 1.09 bits per heavy atom. The van der Waals surface area contributed by atoms with Crippen LogP contribution in [0.1, 0.15) is 19.4 Å². The van der Waals surface area contributed by atoms with E-state index in [2.05, 4.69) is 0 Å². The molecule has 0 fully saturated rings. The second-order valence-corrected chi connectivity index (χ2v) is 2.93. The first-order chi connectivity index (χ1) is 4.61. The first-order valence-corrected chi connectivity index (χ1v) is 3.38. The van der Waals surface area contributed by atoms with E-state index in [0.717, 1.165) is 5.56 Å². The quantitative estimate of drug-likeness (QED) is 0.683. The Balaban J connectivity index is 0.000001000. The molecule has 0 saturated carbocycles. The monoisotopic (exact) mass is 170 g/mol. The second-order valence-electron chi connectivity index (χ2n) is 2.93. The molecule has 0 aromatic heterocycles. The van der Waals surface area contributed by atoms with E-state index in [1.807, 2.05) is 30.3 Å². The molecule has 0 aliphatic rings. The lowest BCUT2D eigenvalue weighted by Crippen LogP contribution is -2.14. The molecule has 0 radical (unpaired) electrons. The summed E-state index contributed by atoms with van der Waals surface area (Å²) >= 11 is 0. The van der Waals surface area contributed by atoms with Crippen LogP contribution in [0.4, 0.5) is 0 Å². The van der Waals surface area contributed by atoms with Gasteiger partial charge < -0.3 is 5.11 Å². The first-order valence-electron chi connectivity index (χ1n) is 3.38. The van der Waals surface area contributed by atoms with E-state index < -0.39 is 5.60 Å². The van der Waals surface area contributed by atoms with Crippen LogP contribution in [0, 0.1) is 0 Å². The molecule has 11 heavy (non-hydrogen) atoms. The van der Waals surface area contributed by atoms with Gasteiger partial charge in [-0.15, -0.1) is 0 Å². The van der Waals surface area contributed by atoms with Crippen molar-refractivity contribution in [3.8, 4) is 0 Å². The summed E-state index contributed by atoms with van der Waals surface area (Å²) in [6, 6.07) is 9.62. The van der Waals surface area contributed by atoms with Crippen LogP contribution >= 0.6 is 13.5 Å². The van der Waals surface area contributed by atoms with Crippen molar-refractivity contribution in [3.63, 3.8) is 0 Å². The third-order valence-corrected chi connectivity index (χ3v) is 1.48. The highest BCUT2D eigenvalue weighted by molar-refractivity contribution is 7.59. The lowest BCUT2D eigenvalue weighted by molar-refractivity contribution is 0.0786. The van der Waals surface area contributed by atoms with Gasteiger partial charge in [0.15, 0.2) is 0 Å². The van der Waals surface area contributed by atoms with Crippen molar-refractivity contribution >= 4 is 13.5 Å². The molecule has 1 N–H and O–H groups in total. The van der Waals surface area contributed by atoms with Gasteiger partial charge in [-0.3, -0.25) is 0 Å². The maximum Gasteiger partial charge on any atom is 0.0840 e. The molecule has 1 aromatic rings. The van der Waals surface area contributed by atoms with Gasteiger partial charge in [-0.1, -0.05) is 30.3 Å². The number of rotatable bonds is 1. The molecule has 1 aromatic carbocycles. The molecular formula is C9H14OS. The average molecular weight is 170 g/mol. The van der Waals surface area contributed by atoms with Gasteiger partial charge in [0.2, 0.25) is 0 Å². The summed E-state index contributed by atoms with van der Waals surface area (Å²) in [5.74, 6) is 0. The molecule has 0 spiro atoms. The van der Waals surface area contributed by atoms with Gasteiger partial charge in [0.1, 0.15) is 0 Å². The molecule has 0 amide bonds. The lowest BCUT2D eigenvalue weighted by Gasteiger charge is -2.16. The van der Waals surface area contributed by atoms with Crippen molar-refractivity contribution in [2.24, 2.45) is 0 Å². The summed E-state index contributed by atoms with van der Waals surface area (Å²) in [7, 11) is 0. The molecule has 0 heterocycles. The van der Waals surface area contributed by atoms with Crippen molar-refractivity contribution in [1.29, 1.82) is 0 Å². The molecule has 0 aliphatic heterocycles. The molecule has 62 valence electrons. The summed E-state index contributed by atoms with van der Waals surface area (Å²) < 4.78 is 0. The van der Waals surface area contributed by atoms with Crippen LogP contribution in [0.25, 0.3) is 0 Å². The Morgan fingerprint density at radius 3 is 1.82 bits per heavy atom. The maximum absolute atomic E-state index is 9.49. The summed E-state index contributed by atoms with van der Waals surface area (Å²) in [5, 5.41) is 9.49. The smallest absolute Gasteiger partial charge is 0.0840 e. The van der Waals surface area contributed by atoms with E-state index in [1.165, 1.54) is 0 Å². The predicted molar refractivity (Wildman–Crippen MR) is 52.1 cm³/mol. The standard InChI is InChI=1S/C9H12O.H2S/c1-9(2,10)8-6-4-3-5-7-8;/h3-7,10H,1-2H3;1H2. The SMILES string of the molecule is CC(C)(O)c1ccccc1.S. The van der Waals surface area contributed by atoms with Gasteiger partial charge in [-0.2, -0.15) is 13.5 Å². The minimum atomic E-state index is -0.707. The highest BCUT2D eigenvalue weighted by Crippen LogP contribution is 2.17. The van der Waals surface area contributed by atoms with E-state index in [1.54, 1.807) is 13.8 Å². The minimum absolute atomic E-state index is 0. The average Bonchev–Trinajstić information content (AvgIpc) is 1.88. The summed E-state index contributed by atoms with van der Waals surface area (Å²) in [6.07, 6.45) is 0. The molecule has 0 bridgehead atoms. The predicted octanol–water partition coefficient (Wildman–Crippen LogP) is 2.03. The molecule has 1 rings (SSSR count). The number of hydrogen-bond acceptors (Lipinski definition) is 1. The van der Waals surface area contributed by atoms with Gasteiger partial charge in [0, 0.05) is 0 Å². The van der Waals surface area contributed by atoms with Gasteiger partial charge in [0.05, 0.1) is 5.60 Å². The Morgan fingerprint density at radius 2 is 1.55 bits per heavy atom. The van der Waals surface area contributed by atoms with Crippen LogP contribution in [0.15, 0.2) is 30.3 Å². The summed E-state index contributed by atoms with van der Waals surface area (Å²) in [5.41, 5.74) is 0.247. The Bertz CT molecular complexity index is 201. The van der Waals surface area contributed by atoms with Crippen molar-refractivity contribution in [3.05, 3.63) is 35.9 Å². The highest BCUT2D eigenvalue weighted by Gasteiger charge is 2.13. The van der Waals surface area contributed by atoms with Crippen LogP contribution in [0.5, 0.6) is 0 Å². The summed E-state index contributed by atoms with van der Waals surface area (Å²) in [4.78, 5) is 0. The zero-order valence-corrected chi connectivity index (χ0v) is 7.83. The molecule has 0 unspecified atom stereocenters. The van der Waals surface area contributed by atoms with Gasteiger partial charge in [-0.25, -0.2) is 0 Å². The van der Waals surface area contributed by atoms with Crippen molar-refractivity contribution in [1.82, 2.24) is 0 Å². The number of benzene rings is 1. The van der Waals surface area contributed by atoms with E-state index in [9.17, 15) is 5.11 Å².